The lowest BCUT2D eigenvalue weighted by Gasteiger charge is -2.48. The highest BCUT2D eigenvalue weighted by Gasteiger charge is 2.61. The lowest BCUT2D eigenvalue weighted by molar-refractivity contribution is -0.155. The van der Waals surface area contributed by atoms with Gasteiger partial charge in [0.05, 0.1) is 11.3 Å². The fourth-order valence-electron chi connectivity index (χ4n) is 4.24. The maximum absolute atomic E-state index is 13.4. The van der Waals surface area contributed by atoms with Gasteiger partial charge in [0.2, 0.25) is 11.6 Å². The Kier molecular flexibility index (Phi) is 5.88. The summed E-state index contributed by atoms with van der Waals surface area (Å²) < 4.78 is 5.43. The maximum Gasteiger partial charge on any atom is 0.354 e. The van der Waals surface area contributed by atoms with Crippen molar-refractivity contribution >= 4 is 41.0 Å². The molecule has 1 atom stereocenters. The van der Waals surface area contributed by atoms with Crippen LogP contribution in [0.15, 0.2) is 66.1 Å². The number of hydrogen-bond donors (Lipinski definition) is 0. The van der Waals surface area contributed by atoms with Crippen molar-refractivity contribution in [3.05, 3.63) is 72.3 Å². The molecule has 0 aromatic heterocycles. The molecule has 0 radical (unpaired) electrons. The number of anilines is 1. The highest BCUT2D eigenvalue weighted by molar-refractivity contribution is 7.98. The van der Waals surface area contributed by atoms with Crippen LogP contribution in [0.2, 0.25) is 0 Å². The highest BCUT2D eigenvalue weighted by Crippen LogP contribution is 2.45. The van der Waals surface area contributed by atoms with Gasteiger partial charge < -0.3 is 9.64 Å². The van der Waals surface area contributed by atoms with Gasteiger partial charge in [-0.15, -0.1) is 18.3 Å². The topological polar surface area (TPSA) is 84.0 Å². The number of para-hydroxylation sites is 1. The first-order valence-corrected chi connectivity index (χ1v) is 11.4. The fourth-order valence-corrected chi connectivity index (χ4v) is 4.65. The third-order valence-corrected chi connectivity index (χ3v) is 6.50. The molecule has 0 aliphatic carbocycles. The summed E-state index contributed by atoms with van der Waals surface area (Å²) in [4.78, 5) is 55.8. The Morgan fingerprint density at radius 1 is 1.16 bits per heavy atom. The number of hydrogen-bond acceptors (Lipinski definition) is 6. The summed E-state index contributed by atoms with van der Waals surface area (Å²) >= 11 is 1.56. The number of nitrogens with zero attached hydrogens (tertiary/aromatic N) is 2. The smallest absolute Gasteiger partial charge is 0.354 e. The largest absolute Gasteiger partial charge is 0.454 e. The van der Waals surface area contributed by atoms with Gasteiger partial charge in [-0.3, -0.25) is 19.3 Å². The van der Waals surface area contributed by atoms with Crippen LogP contribution in [0.5, 0.6) is 0 Å². The number of Topliss-reactive ketones (excluding diaryl/α,β-unsaturated/α-hetero) is 1. The minimum Gasteiger partial charge on any atom is -0.454 e. The van der Waals surface area contributed by atoms with Crippen LogP contribution in [0.4, 0.5) is 5.69 Å². The van der Waals surface area contributed by atoms with E-state index < -0.39 is 18.2 Å². The van der Waals surface area contributed by atoms with E-state index in [1.54, 1.807) is 48.2 Å². The van der Waals surface area contributed by atoms with Crippen LogP contribution in [0.25, 0.3) is 0 Å². The summed E-state index contributed by atoms with van der Waals surface area (Å²) in [6.45, 7) is 3.26. The molecule has 0 N–H and O–H groups in total. The molecule has 164 valence electrons. The summed E-state index contributed by atoms with van der Waals surface area (Å²) in [6, 6.07) is 13.7. The van der Waals surface area contributed by atoms with Crippen LogP contribution < -0.4 is 4.90 Å². The molecule has 0 bridgehead atoms. The highest BCUT2D eigenvalue weighted by atomic mass is 32.2. The van der Waals surface area contributed by atoms with Crippen LogP contribution in [0, 0.1) is 0 Å². The van der Waals surface area contributed by atoms with Crippen molar-refractivity contribution in [2.24, 2.45) is 0 Å². The number of carbonyl (C=O) groups excluding carboxylic acids is 4. The molecular formula is C24H22N2O5S. The van der Waals surface area contributed by atoms with E-state index in [0.29, 0.717) is 16.8 Å². The first kappa shape index (κ1) is 21.8. The average molecular weight is 451 g/mol. The van der Waals surface area contributed by atoms with Crippen LogP contribution >= 0.6 is 11.8 Å². The quantitative estimate of drug-likeness (QED) is 0.279. The Bertz CT molecular complexity index is 1110. The van der Waals surface area contributed by atoms with Crippen molar-refractivity contribution < 1.29 is 23.9 Å². The van der Waals surface area contributed by atoms with Crippen LogP contribution in [0.3, 0.4) is 0 Å². The molecular weight excluding hydrogens is 428 g/mol. The molecule has 2 amide bonds. The monoisotopic (exact) mass is 450 g/mol. The Morgan fingerprint density at radius 2 is 1.88 bits per heavy atom. The van der Waals surface area contributed by atoms with E-state index >= 15 is 0 Å². The van der Waals surface area contributed by atoms with Crippen LogP contribution in [-0.2, 0) is 14.3 Å². The molecule has 0 spiro atoms. The summed E-state index contributed by atoms with van der Waals surface area (Å²) in [5.41, 5.74) is -0.519. The first-order chi connectivity index (χ1) is 15.4. The maximum atomic E-state index is 13.4. The summed E-state index contributed by atoms with van der Waals surface area (Å²) in [5.74, 6) is -1.84. The van der Waals surface area contributed by atoms with Crippen molar-refractivity contribution in [2.75, 3.05) is 24.3 Å². The summed E-state index contributed by atoms with van der Waals surface area (Å²) in [6.07, 6.45) is 3.59. The number of ketones is 1. The Hall–Kier alpha value is -3.39. The van der Waals surface area contributed by atoms with Gasteiger partial charge in [-0.05, 0) is 30.5 Å². The van der Waals surface area contributed by atoms with Crippen molar-refractivity contribution in [1.82, 2.24) is 4.90 Å². The Labute approximate surface area is 190 Å². The van der Waals surface area contributed by atoms with Gasteiger partial charge >= 0.3 is 5.97 Å². The van der Waals surface area contributed by atoms with Gasteiger partial charge in [0.1, 0.15) is 0 Å². The molecule has 8 heteroatoms. The number of amides is 2. The van der Waals surface area contributed by atoms with E-state index in [2.05, 4.69) is 6.58 Å². The van der Waals surface area contributed by atoms with Gasteiger partial charge in [-0.2, -0.15) is 0 Å². The molecule has 1 fully saturated rings. The van der Waals surface area contributed by atoms with Gasteiger partial charge in [-0.25, -0.2) is 4.79 Å². The lowest BCUT2D eigenvalue weighted by Crippen LogP contribution is -2.68. The van der Waals surface area contributed by atoms with E-state index in [1.807, 2.05) is 18.4 Å². The number of carbonyl (C=O) groups is 4. The van der Waals surface area contributed by atoms with E-state index in [9.17, 15) is 19.2 Å². The number of rotatable bonds is 7. The predicted octanol–water partition coefficient (Wildman–Crippen LogP) is 3.30. The molecule has 1 saturated heterocycles. The molecule has 7 nitrogen and oxygen atoms in total. The molecule has 1 unspecified atom stereocenters. The summed E-state index contributed by atoms with van der Waals surface area (Å²) in [7, 11) is 0. The minimum atomic E-state index is -1.64. The number of esters is 1. The third kappa shape index (κ3) is 3.40. The van der Waals surface area contributed by atoms with E-state index in [0.717, 1.165) is 4.90 Å². The second kappa shape index (κ2) is 8.63. The molecule has 2 heterocycles. The van der Waals surface area contributed by atoms with Gasteiger partial charge in [0.15, 0.2) is 12.4 Å². The van der Waals surface area contributed by atoms with Gasteiger partial charge in [0, 0.05) is 29.8 Å². The van der Waals surface area contributed by atoms with Crippen molar-refractivity contribution in [3.63, 3.8) is 0 Å². The molecule has 2 aromatic rings. The first-order valence-electron chi connectivity index (χ1n) is 10.1. The second-order valence-electron chi connectivity index (χ2n) is 7.50. The van der Waals surface area contributed by atoms with Crippen molar-refractivity contribution in [3.8, 4) is 0 Å². The van der Waals surface area contributed by atoms with Crippen molar-refractivity contribution in [1.29, 1.82) is 0 Å². The Morgan fingerprint density at radius 3 is 2.56 bits per heavy atom. The van der Waals surface area contributed by atoms with E-state index in [4.69, 9.17) is 4.74 Å². The molecule has 2 aliphatic rings. The van der Waals surface area contributed by atoms with Crippen LogP contribution in [-0.4, -0.2) is 53.5 Å². The number of thioether (sulfide) groups is 1. The third-order valence-electron chi connectivity index (χ3n) is 5.76. The van der Waals surface area contributed by atoms with E-state index in [1.165, 1.54) is 15.9 Å². The molecule has 0 saturated carbocycles. The molecule has 2 aromatic carbocycles. The second-order valence-corrected chi connectivity index (χ2v) is 8.37. The molecule has 4 rings (SSSR count). The zero-order chi connectivity index (χ0) is 22.9. The number of fused-ring (bicyclic) bond motifs is 3. The average Bonchev–Trinajstić information content (AvgIpc) is 3.18. The zero-order valence-corrected chi connectivity index (χ0v) is 18.4. The predicted molar refractivity (Wildman–Crippen MR) is 121 cm³/mol. The minimum absolute atomic E-state index is 0.0517. The van der Waals surface area contributed by atoms with Gasteiger partial charge in [-0.1, -0.05) is 30.3 Å². The zero-order valence-electron chi connectivity index (χ0n) is 17.6. The van der Waals surface area contributed by atoms with Gasteiger partial charge in [0.25, 0.3) is 5.91 Å². The SMILES string of the molecule is C=CCN1C(=O)c2ccccc2N2C(=O)CCC12C(=O)OCC(=O)c1ccc(SC)cc1. The van der Waals surface area contributed by atoms with Crippen molar-refractivity contribution in [2.45, 2.75) is 23.4 Å². The number of benzene rings is 2. The molecule has 32 heavy (non-hydrogen) atoms. The standard InChI is InChI=1S/C24H22N2O5S/c1-3-14-25-22(29)18-6-4-5-7-19(18)26-21(28)12-13-24(25,26)23(30)31-15-20(27)16-8-10-17(32-2)11-9-16/h3-11H,1,12-15H2,2H3. The Balaban J connectivity index is 1.65. The lowest BCUT2D eigenvalue weighted by atomic mass is 9.96. The fraction of sp³-hybridized carbons (Fsp3) is 0.250. The number of ether oxygens (including phenoxy) is 1. The normalized spacial score (nSPS) is 19.4. The molecule has 2 aliphatic heterocycles. The van der Waals surface area contributed by atoms with Crippen LogP contribution in [0.1, 0.15) is 33.6 Å². The van der Waals surface area contributed by atoms with E-state index in [-0.39, 0.29) is 37.0 Å². The summed E-state index contributed by atoms with van der Waals surface area (Å²) in [5, 5.41) is 0.